The third-order valence-corrected chi connectivity index (χ3v) is 2.89. The van der Waals surface area contributed by atoms with Crippen LogP contribution in [0.25, 0.3) is 22.3 Å². The number of aromatic nitrogens is 5. The van der Waals surface area contributed by atoms with E-state index < -0.39 is 0 Å². The Balaban J connectivity index is 2.18. The minimum Gasteiger partial charge on any atom is -0.342 e. The molecule has 3 aromatic rings. The van der Waals surface area contributed by atoms with E-state index in [1.165, 1.54) is 0 Å². The van der Waals surface area contributed by atoms with Gasteiger partial charge in [-0.05, 0) is 26.0 Å². The standard InChI is InChI=1S/C12H10ClN5/c1-6-14-9-4-3-8(5-10(9)15-6)11-12(13)16-7(2)17-18-11/h3-5H,1-2H3,(H,14,15). The Bertz CT molecular complexity index is 734. The first-order valence-corrected chi connectivity index (χ1v) is 5.85. The molecule has 2 aromatic heterocycles. The SMILES string of the molecule is Cc1nnc(-c2ccc3nc(C)[nH]c3c2)c(Cl)n1. The molecule has 0 spiro atoms. The summed E-state index contributed by atoms with van der Waals surface area (Å²) in [7, 11) is 0. The number of rotatable bonds is 1. The Hall–Kier alpha value is -2.01. The Morgan fingerprint density at radius 2 is 1.94 bits per heavy atom. The van der Waals surface area contributed by atoms with E-state index >= 15 is 0 Å². The molecule has 0 radical (unpaired) electrons. The fourth-order valence-corrected chi connectivity index (χ4v) is 2.11. The summed E-state index contributed by atoms with van der Waals surface area (Å²) in [5.74, 6) is 1.43. The molecule has 0 atom stereocenters. The zero-order chi connectivity index (χ0) is 12.7. The molecule has 18 heavy (non-hydrogen) atoms. The molecule has 0 fully saturated rings. The normalized spacial score (nSPS) is 11.1. The van der Waals surface area contributed by atoms with Gasteiger partial charge >= 0.3 is 0 Å². The lowest BCUT2D eigenvalue weighted by atomic mass is 10.1. The van der Waals surface area contributed by atoms with Crippen LogP contribution in [0.15, 0.2) is 18.2 Å². The zero-order valence-electron chi connectivity index (χ0n) is 9.90. The quantitative estimate of drug-likeness (QED) is 0.730. The summed E-state index contributed by atoms with van der Waals surface area (Å²) in [6.07, 6.45) is 0. The van der Waals surface area contributed by atoms with Gasteiger partial charge in [-0.15, -0.1) is 10.2 Å². The molecule has 1 N–H and O–H groups in total. The van der Waals surface area contributed by atoms with Crippen molar-refractivity contribution in [2.24, 2.45) is 0 Å². The van der Waals surface area contributed by atoms with Crippen molar-refractivity contribution in [3.63, 3.8) is 0 Å². The summed E-state index contributed by atoms with van der Waals surface area (Å²) in [6.45, 7) is 3.67. The molecule has 0 saturated carbocycles. The molecular formula is C12H10ClN5. The van der Waals surface area contributed by atoms with E-state index in [2.05, 4.69) is 25.1 Å². The topological polar surface area (TPSA) is 67.3 Å². The lowest BCUT2D eigenvalue weighted by Crippen LogP contribution is -1.95. The van der Waals surface area contributed by atoms with Gasteiger partial charge in [0.15, 0.2) is 5.15 Å². The van der Waals surface area contributed by atoms with E-state index in [4.69, 9.17) is 11.6 Å². The molecule has 0 aliphatic rings. The first-order valence-electron chi connectivity index (χ1n) is 5.47. The van der Waals surface area contributed by atoms with Crippen molar-refractivity contribution >= 4 is 22.6 Å². The largest absolute Gasteiger partial charge is 0.342 e. The van der Waals surface area contributed by atoms with Gasteiger partial charge < -0.3 is 4.98 Å². The molecule has 0 amide bonds. The number of hydrogen-bond donors (Lipinski definition) is 1. The number of H-pyrrole nitrogens is 1. The van der Waals surface area contributed by atoms with E-state index in [0.29, 0.717) is 16.7 Å². The number of aromatic amines is 1. The lowest BCUT2D eigenvalue weighted by Gasteiger charge is -2.02. The van der Waals surface area contributed by atoms with Crippen molar-refractivity contribution in [2.75, 3.05) is 0 Å². The van der Waals surface area contributed by atoms with E-state index in [1.807, 2.05) is 25.1 Å². The summed E-state index contributed by atoms with van der Waals surface area (Å²) >= 11 is 6.08. The minimum atomic E-state index is 0.359. The van der Waals surface area contributed by atoms with Crippen LogP contribution in [0.1, 0.15) is 11.6 Å². The van der Waals surface area contributed by atoms with Crippen LogP contribution < -0.4 is 0 Å². The highest BCUT2D eigenvalue weighted by Crippen LogP contribution is 2.25. The predicted octanol–water partition coefficient (Wildman–Crippen LogP) is 2.69. The molecule has 0 unspecified atom stereocenters. The van der Waals surface area contributed by atoms with Gasteiger partial charge in [-0.2, -0.15) is 0 Å². The first kappa shape index (κ1) is 11.1. The van der Waals surface area contributed by atoms with Crippen LogP contribution in [0, 0.1) is 13.8 Å². The lowest BCUT2D eigenvalue weighted by molar-refractivity contribution is 0.914. The second kappa shape index (κ2) is 4.03. The third-order valence-electron chi connectivity index (χ3n) is 2.62. The summed E-state index contributed by atoms with van der Waals surface area (Å²) in [6, 6.07) is 5.78. The maximum absolute atomic E-state index is 6.08. The minimum absolute atomic E-state index is 0.359. The molecule has 1 aromatic carbocycles. The van der Waals surface area contributed by atoms with Crippen LogP contribution in [0.3, 0.4) is 0 Å². The Morgan fingerprint density at radius 1 is 1.11 bits per heavy atom. The fraction of sp³-hybridized carbons (Fsp3) is 0.167. The van der Waals surface area contributed by atoms with Crippen molar-refractivity contribution < 1.29 is 0 Å². The zero-order valence-corrected chi connectivity index (χ0v) is 10.7. The molecule has 90 valence electrons. The van der Waals surface area contributed by atoms with Crippen LogP contribution in [0.2, 0.25) is 5.15 Å². The Kier molecular flexibility index (Phi) is 2.48. The van der Waals surface area contributed by atoms with Gasteiger partial charge in [-0.25, -0.2) is 9.97 Å². The third kappa shape index (κ3) is 1.82. The number of halogens is 1. The van der Waals surface area contributed by atoms with Gasteiger partial charge in [0, 0.05) is 5.56 Å². The van der Waals surface area contributed by atoms with E-state index in [0.717, 1.165) is 22.4 Å². The van der Waals surface area contributed by atoms with E-state index in [1.54, 1.807) is 6.92 Å². The highest BCUT2D eigenvalue weighted by Gasteiger charge is 2.09. The monoisotopic (exact) mass is 259 g/mol. The van der Waals surface area contributed by atoms with Gasteiger partial charge in [0.25, 0.3) is 0 Å². The summed E-state index contributed by atoms with van der Waals surface area (Å²) in [5, 5.41) is 8.37. The second-order valence-corrected chi connectivity index (χ2v) is 4.41. The van der Waals surface area contributed by atoms with E-state index in [-0.39, 0.29) is 0 Å². The van der Waals surface area contributed by atoms with Gasteiger partial charge in [0.1, 0.15) is 17.3 Å². The van der Waals surface area contributed by atoms with Gasteiger partial charge in [-0.3, -0.25) is 0 Å². The number of nitrogens with one attached hydrogen (secondary N) is 1. The number of aryl methyl sites for hydroxylation is 2. The molecule has 5 nitrogen and oxygen atoms in total. The smallest absolute Gasteiger partial charge is 0.159 e. The van der Waals surface area contributed by atoms with Gasteiger partial charge in [0.2, 0.25) is 0 Å². The van der Waals surface area contributed by atoms with Crippen LogP contribution in [0.5, 0.6) is 0 Å². The summed E-state index contributed by atoms with van der Waals surface area (Å²) in [4.78, 5) is 11.6. The fourth-order valence-electron chi connectivity index (χ4n) is 1.84. The van der Waals surface area contributed by atoms with Gasteiger partial charge in [-0.1, -0.05) is 17.7 Å². The maximum Gasteiger partial charge on any atom is 0.159 e. The Morgan fingerprint density at radius 3 is 2.72 bits per heavy atom. The molecular weight excluding hydrogens is 250 g/mol. The first-order chi connectivity index (χ1) is 8.63. The number of nitrogens with zero attached hydrogens (tertiary/aromatic N) is 4. The Labute approximate surface area is 108 Å². The highest BCUT2D eigenvalue weighted by atomic mass is 35.5. The van der Waals surface area contributed by atoms with Crippen molar-refractivity contribution in [1.82, 2.24) is 25.1 Å². The van der Waals surface area contributed by atoms with Crippen molar-refractivity contribution in [3.05, 3.63) is 35.0 Å². The van der Waals surface area contributed by atoms with E-state index in [9.17, 15) is 0 Å². The molecule has 0 saturated heterocycles. The highest BCUT2D eigenvalue weighted by molar-refractivity contribution is 6.31. The van der Waals surface area contributed by atoms with Crippen LogP contribution >= 0.6 is 11.6 Å². The molecule has 2 heterocycles. The second-order valence-electron chi connectivity index (χ2n) is 4.05. The molecule has 6 heteroatoms. The average Bonchev–Trinajstić information content (AvgIpc) is 2.68. The van der Waals surface area contributed by atoms with Crippen molar-refractivity contribution in [1.29, 1.82) is 0 Å². The molecule has 3 rings (SSSR count). The number of hydrogen-bond acceptors (Lipinski definition) is 4. The number of fused-ring (bicyclic) bond motifs is 1. The molecule has 0 aliphatic carbocycles. The van der Waals surface area contributed by atoms with Crippen LogP contribution in [-0.4, -0.2) is 25.1 Å². The summed E-state index contributed by atoms with van der Waals surface area (Å²) in [5.41, 5.74) is 3.32. The van der Waals surface area contributed by atoms with Crippen molar-refractivity contribution in [2.45, 2.75) is 13.8 Å². The maximum atomic E-state index is 6.08. The average molecular weight is 260 g/mol. The van der Waals surface area contributed by atoms with Crippen molar-refractivity contribution in [3.8, 4) is 11.3 Å². The summed E-state index contributed by atoms with van der Waals surface area (Å²) < 4.78 is 0. The van der Waals surface area contributed by atoms with Crippen LogP contribution in [-0.2, 0) is 0 Å². The molecule has 0 aliphatic heterocycles. The van der Waals surface area contributed by atoms with Gasteiger partial charge in [0.05, 0.1) is 11.0 Å². The molecule has 0 bridgehead atoms. The predicted molar refractivity (Wildman–Crippen MR) is 69.4 cm³/mol. The number of imidazole rings is 1. The number of benzene rings is 1. The van der Waals surface area contributed by atoms with Crippen LogP contribution in [0.4, 0.5) is 0 Å².